The zero-order valence-electron chi connectivity index (χ0n) is 15.7. The van der Waals surface area contributed by atoms with E-state index in [1.165, 1.54) is 0 Å². The van der Waals surface area contributed by atoms with Gasteiger partial charge in [-0.05, 0) is 43.0 Å². The molecule has 2 fully saturated rings. The molecule has 2 atom stereocenters. The predicted molar refractivity (Wildman–Crippen MR) is 99.0 cm³/mol. The highest BCUT2D eigenvalue weighted by atomic mass is 16.5. The molecule has 0 unspecified atom stereocenters. The lowest BCUT2D eigenvalue weighted by molar-refractivity contribution is -0.148. The Kier molecular flexibility index (Phi) is 5.22. The Morgan fingerprint density at radius 3 is 2.96 bits per heavy atom. The monoisotopic (exact) mass is 370 g/mol. The number of hydrogen-bond acceptors (Lipinski definition) is 5. The number of likely N-dealkylation sites (tertiary alicyclic amines) is 1. The van der Waals surface area contributed by atoms with Crippen LogP contribution in [0.5, 0.6) is 0 Å². The first kappa shape index (κ1) is 18.1. The minimum Gasteiger partial charge on any atom is -0.377 e. The lowest BCUT2D eigenvalue weighted by Gasteiger charge is -2.50. The molecular formula is C20H26N4O3. The van der Waals surface area contributed by atoms with Gasteiger partial charge in [0, 0.05) is 50.7 Å². The van der Waals surface area contributed by atoms with Gasteiger partial charge in [-0.15, -0.1) is 0 Å². The molecule has 0 bridgehead atoms. The fraction of sp³-hybridized carbons (Fsp3) is 0.550. The van der Waals surface area contributed by atoms with Crippen molar-refractivity contribution in [3.8, 4) is 0 Å². The van der Waals surface area contributed by atoms with Gasteiger partial charge in [0.1, 0.15) is 5.69 Å². The van der Waals surface area contributed by atoms with E-state index >= 15 is 0 Å². The first-order valence-electron chi connectivity index (χ1n) is 9.53. The van der Waals surface area contributed by atoms with Gasteiger partial charge in [0.05, 0.1) is 19.3 Å². The number of aryl methyl sites for hydroxylation is 1. The standard InChI is InChI=1S/C20H26N4O3/c1-23-17(5-10-22-23)19(25)24-11-6-18-20(14-24,7-2-12-27-18)15-26-13-16-3-8-21-9-4-16/h3-5,8-10,18H,2,6-7,11-15H2,1H3/t18-,20+/m1/s1. The van der Waals surface area contributed by atoms with Gasteiger partial charge in [0.2, 0.25) is 0 Å². The molecule has 1 amide bonds. The van der Waals surface area contributed by atoms with Gasteiger partial charge in [0.25, 0.3) is 5.91 Å². The van der Waals surface area contributed by atoms with Crippen molar-refractivity contribution < 1.29 is 14.3 Å². The molecule has 2 aromatic heterocycles. The third kappa shape index (κ3) is 3.75. The van der Waals surface area contributed by atoms with Crippen LogP contribution in [-0.2, 0) is 23.1 Å². The minimum atomic E-state index is -0.141. The number of carbonyl (C=O) groups excluding carboxylic acids is 1. The molecule has 0 aromatic carbocycles. The zero-order chi connectivity index (χ0) is 18.7. The van der Waals surface area contributed by atoms with Crippen LogP contribution in [0.4, 0.5) is 0 Å². The number of fused-ring (bicyclic) bond motifs is 1. The molecule has 0 N–H and O–H groups in total. The Balaban J connectivity index is 1.46. The Bertz CT molecular complexity index is 779. The predicted octanol–water partition coefficient (Wildman–Crippen LogP) is 2.04. The highest BCUT2D eigenvalue weighted by Gasteiger charge is 2.47. The van der Waals surface area contributed by atoms with Crippen LogP contribution in [0.15, 0.2) is 36.8 Å². The summed E-state index contributed by atoms with van der Waals surface area (Å²) in [5, 5.41) is 4.13. The summed E-state index contributed by atoms with van der Waals surface area (Å²) in [6.07, 6.45) is 8.24. The molecular weight excluding hydrogens is 344 g/mol. The molecule has 2 aliphatic heterocycles. The SMILES string of the molecule is Cn1nccc1C(=O)N1CC[C@H]2OCCC[C@@]2(COCc2ccncc2)C1. The Labute approximate surface area is 159 Å². The zero-order valence-corrected chi connectivity index (χ0v) is 15.7. The number of carbonyl (C=O) groups is 1. The van der Waals surface area contributed by atoms with Crippen molar-refractivity contribution in [1.82, 2.24) is 19.7 Å². The number of piperidine rings is 1. The Hall–Kier alpha value is -2.25. The molecule has 0 radical (unpaired) electrons. The summed E-state index contributed by atoms with van der Waals surface area (Å²) in [6.45, 7) is 3.31. The lowest BCUT2D eigenvalue weighted by atomic mass is 9.73. The normalized spacial score (nSPS) is 25.2. The summed E-state index contributed by atoms with van der Waals surface area (Å²) >= 11 is 0. The van der Waals surface area contributed by atoms with E-state index in [1.807, 2.05) is 17.0 Å². The lowest BCUT2D eigenvalue weighted by Crippen LogP contribution is -2.58. The molecule has 2 saturated heterocycles. The van der Waals surface area contributed by atoms with Gasteiger partial charge >= 0.3 is 0 Å². The molecule has 4 rings (SSSR count). The van der Waals surface area contributed by atoms with Crippen molar-refractivity contribution in [2.45, 2.75) is 32.0 Å². The van der Waals surface area contributed by atoms with Crippen molar-refractivity contribution in [3.05, 3.63) is 48.0 Å². The van der Waals surface area contributed by atoms with Crippen LogP contribution in [0.1, 0.15) is 35.3 Å². The first-order valence-corrected chi connectivity index (χ1v) is 9.53. The first-order chi connectivity index (χ1) is 13.2. The highest BCUT2D eigenvalue weighted by Crippen LogP contribution is 2.41. The summed E-state index contributed by atoms with van der Waals surface area (Å²) in [5.74, 6) is 0.0348. The third-order valence-corrected chi connectivity index (χ3v) is 5.72. The fourth-order valence-corrected chi connectivity index (χ4v) is 4.27. The van der Waals surface area contributed by atoms with Crippen LogP contribution < -0.4 is 0 Å². The second kappa shape index (κ2) is 7.78. The Morgan fingerprint density at radius 2 is 2.19 bits per heavy atom. The summed E-state index contributed by atoms with van der Waals surface area (Å²) in [4.78, 5) is 19.0. The highest BCUT2D eigenvalue weighted by molar-refractivity contribution is 5.92. The number of nitrogens with zero attached hydrogens (tertiary/aromatic N) is 4. The average molecular weight is 370 g/mol. The summed E-state index contributed by atoms with van der Waals surface area (Å²) in [6, 6.07) is 5.70. The maximum atomic E-state index is 13.0. The van der Waals surface area contributed by atoms with Crippen LogP contribution in [0.3, 0.4) is 0 Å². The topological polar surface area (TPSA) is 69.5 Å². The summed E-state index contributed by atoms with van der Waals surface area (Å²) in [7, 11) is 1.80. The van der Waals surface area contributed by atoms with E-state index < -0.39 is 0 Å². The van der Waals surface area contributed by atoms with Crippen molar-refractivity contribution in [1.29, 1.82) is 0 Å². The third-order valence-electron chi connectivity index (χ3n) is 5.72. The quantitative estimate of drug-likeness (QED) is 0.806. The maximum absolute atomic E-state index is 13.0. The molecule has 144 valence electrons. The van der Waals surface area contributed by atoms with Crippen LogP contribution >= 0.6 is 0 Å². The molecule has 2 aliphatic rings. The smallest absolute Gasteiger partial charge is 0.272 e. The molecule has 7 heteroatoms. The Morgan fingerprint density at radius 1 is 1.33 bits per heavy atom. The van der Waals surface area contributed by atoms with Crippen molar-refractivity contribution in [3.63, 3.8) is 0 Å². The van der Waals surface area contributed by atoms with E-state index in [1.54, 1.807) is 36.4 Å². The van der Waals surface area contributed by atoms with Gasteiger partial charge in [0.15, 0.2) is 0 Å². The van der Waals surface area contributed by atoms with Crippen molar-refractivity contribution in [2.24, 2.45) is 12.5 Å². The second-order valence-electron chi connectivity index (χ2n) is 7.53. The number of rotatable bonds is 5. The molecule has 0 spiro atoms. The van der Waals surface area contributed by atoms with Crippen molar-refractivity contribution >= 4 is 5.91 Å². The van der Waals surface area contributed by atoms with Crippen LogP contribution in [0.2, 0.25) is 0 Å². The van der Waals surface area contributed by atoms with E-state index in [0.29, 0.717) is 32.0 Å². The van der Waals surface area contributed by atoms with E-state index in [0.717, 1.165) is 31.4 Å². The molecule has 0 saturated carbocycles. The fourth-order valence-electron chi connectivity index (χ4n) is 4.27. The van der Waals surface area contributed by atoms with Gasteiger partial charge < -0.3 is 14.4 Å². The van der Waals surface area contributed by atoms with Crippen LogP contribution in [0.25, 0.3) is 0 Å². The number of ether oxygens (including phenoxy) is 2. The van der Waals surface area contributed by atoms with Crippen LogP contribution in [-0.4, -0.2) is 58.0 Å². The molecule has 0 aliphatic carbocycles. The molecule has 4 heterocycles. The minimum absolute atomic E-state index is 0.0348. The number of pyridine rings is 1. The molecule has 27 heavy (non-hydrogen) atoms. The van der Waals surface area contributed by atoms with E-state index in [9.17, 15) is 4.79 Å². The molecule has 2 aromatic rings. The average Bonchev–Trinajstić information content (AvgIpc) is 3.13. The second-order valence-corrected chi connectivity index (χ2v) is 7.53. The summed E-state index contributed by atoms with van der Waals surface area (Å²) in [5.41, 5.74) is 1.59. The largest absolute Gasteiger partial charge is 0.377 e. The summed E-state index contributed by atoms with van der Waals surface area (Å²) < 4.78 is 13.8. The van der Waals surface area contributed by atoms with Crippen molar-refractivity contribution in [2.75, 3.05) is 26.3 Å². The van der Waals surface area contributed by atoms with E-state index in [4.69, 9.17) is 9.47 Å². The van der Waals surface area contributed by atoms with Gasteiger partial charge in [-0.1, -0.05) is 0 Å². The van der Waals surface area contributed by atoms with Gasteiger partial charge in [-0.3, -0.25) is 14.5 Å². The number of hydrogen-bond donors (Lipinski definition) is 0. The number of aromatic nitrogens is 3. The van der Waals surface area contributed by atoms with Crippen LogP contribution in [0, 0.1) is 5.41 Å². The maximum Gasteiger partial charge on any atom is 0.272 e. The molecule has 7 nitrogen and oxygen atoms in total. The number of amides is 1. The van der Waals surface area contributed by atoms with E-state index in [2.05, 4.69) is 10.1 Å². The van der Waals surface area contributed by atoms with E-state index in [-0.39, 0.29) is 17.4 Å². The van der Waals surface area contributed by atoms with Gasteiger partial charge in [-0.2, -0.15) is 5.10 Å². The van der Waals surface area contributed by atoms with Gasteiger partial charge in [-0.25, -0.2) is 0 Å².